The van der Waals surface area contributed by atoms with Gasteiger partial charge in [-0.1, -0.05) is 19.9 Å². The third kappa shape index (κ3) is 6.56. The fourth-order valence-electron chi connectivity index (χ4n) is 4.32. The Morgan fingerprint density at radius 1 is 0.941 bits per heavy atom. The Bertz CT molecular complexity index is 909. The Morgan fingerprint density at radius 3 is 2.18 bits per heavy atom. The molecule has 7 nitrogen and oxygen atoms in total. The summed E-state index contributed by atoms with van der Waals surface area (Å²) in [6.45, 7) is 12.8. The number of nitrogens with zero attached hydrogens (tertiary/aromatic N) is 2. The Morgan fingerprint density at radius 2 is 1.59 bits per heavy atom. The van der Waals surface area contributed by atoms with E-state index in [4.69, 9.17) is 14.2 Å². The third-order valence-electron chi connectivity index (χ3n) is 6.14. The first kappa shape index (κ1) is 25.7. The van der Waals surface area contributed by atoms with Crippen LogP contribution in [0, 0.1) is 5.92 Å². The van der Waals surface area contributed by atoms with E-state index in [0.29, 0.717) is 25.7 Å². The second-order valence-electron chi connectivity index (χ2n) is 8.74. The van der Waals surface area contributed by atoms with Gasteiger partial charge in [0.1, 0.15) is 5.75 Å². The van der Waals surface area contributed by atoms with Crippen molar-refractivity contribution in [3.63, 3.8) is 0 Å². The Balaban J connectivity index is 1.57. The summed E-state index contributed by atoms with van der Waals surface area (Å²) in [5, 5.41) is 3.49. The van der Waals surface area contributed by atoms with Gasteiger partial charge in [0.05, 0.1) is 26.9 Å². The van der Waals surface area contributed by atoms with E-state index in [9.17, 15) is 4.79 Å². The zero-order valence-corrected chi connectivity index (χ0v) is 21.2. The largest absolute Gasteiger partial charge is 0.497 e. The van der Waals surface area contributed by atoms with Crippen LogP contribution in [0.4, 0.5) is 5.69 Å². The molecule has 0 saturated carbocycles. The number of anilines is 1. The number of carbonyl (C=O) groups excluding carboxylic acids is 1. The molecule has 0 spiro atoms. The van der Waals surface area contributed by atoms with Crippen molar-refractivity contribution < 1.29 is 19.0 Å². The minimum atomic E-state index is 0.0411. The normalized spacial score (nSPS) is 14.8. The van der Waals surface area contributed by atoms with Gasteiger partial charge in [-0.2, -0.15) is 0 Å². The molecule has 1 amide bonds. The van der Waals surface area contributed by atoms with Gasteiger partial charge in [0, 0.05) is 37.9 Å². The van der Waals surface area contributed by atoms with E-state index in [2.05, 4.69) is 42.3 Å². The van der Waals surface area contributed by atoms with Crippen molar-refractivity contribution in [2.75, 3.05) is 57.9 Å². The van der Waals surface area contributed by atoms with Crippen molar-refractivity contribution in [3.8, 4) is 17.2 Å². The first-order valence-corrected chi connectivity index (χ1v) is 12.3. The molecule has 1 heterocycles. The quantitative estimate of drug-likeness (QED) is 0.534. The lowest BCUT2D eigenvalue weighted by Gasteiger charge is -2.36. The molecular weight excluding hydrogens is 430 g/mol. The van der Waals surface area contributed by atoms with Gasteiger partial charge in [-0.15, -0.1) is 0 Å². The Labute approximate surface area is 204 Å². The van der Waals surface area contributed by atoms with Crippen LogP contribution in [0.3, 0.4) is 0 Å². The van der Waals surface area contributed by atoms with Crippen molar-refractivity contribution in [2.45, 2.75) is 33.7 Å². The molecule has 0 unspecified atom stereocenters. The van der Waals surface area contributed by atoms with E-state index in [1.54, 1.807) is 7.11 Å². The number of nitrogens with one attached hydrogen (secondary N) is 1. The van der Waals surface area contributed by atoms with Crippen LogP contribution >= 0.6 is 0 Å². The molecule has 186 valence electrons. The van der Waals surface area contributed by atoms with Crippen molar-refractivity contribution in [1.29, 1.82) is 0 Å². The maximum atomic E-state index is 13.0. The summed E-state index contributed by atoms with van der Waals surface area (Å²) in [6.07, 6.45) is 0. The van der Waals surface area contributed by atoms with E-state index in [1.165, 1.54) is 0 Å². The predicted molar refractivity (Wildman–Crippen MR) is 136 cm³/mol. The van der Waals surface area contributed by atoms with Gasteiger partial charge >= 0.3 is 0 Å². The van der Waals surface area contributed by atoms with E-state index < -0.39 is 0 Å². The highest BCUT2D eigenvalue weighted by Gasteiger charge is 2.24. The predicted octanol–water partition coefficient (Wildman–Crippen LogP) is 4.13. The summed E-state index contributed by atoms with van der Waals surface area (Å²) in [7, 11) is 1.67. The molecule has 7 heteroatoms. The molecule has 2 aromatic carbocycles. The number of ether oxygens (including phenoxy) is 3. The standard InChI is InChI=1S/C27H39N3O4/c1-6-33-24-13-8-21(18-25(24)34-7-2)27(20(3)4)28-19-26(31)30-16-14-29(15-17-30)22-9-11-23(32-5)12-10-22/h8-13,18,20,27-28H,6-7,14-17,19H2,1-5H3/t27-/m0/s1. The summed E-state index contributed by atoms with van der Waals surface area (Å²) in [4.78, 5) is 17.2. The molecule has 1 saturated heterocycles. The minimum absolute atomic E-state index is 0.0411. The van der Waals surface area contributed by atoms with E-state index in [0.717, 1.165) is 54.7 Å². The number of methoxy groups -OCH3 is 1. The maximum Gasteiger partial charge on any atom is 0.236 e. The smallest absolute Gasteiger partial charge is 0.236 e. The summed E-state index contributed by atoms with van der Waals surface area (Å²) in [5.74, 6) is 2.80. The first-order valence-electron chi connectivity index (χ1n) is 12.3. The average molecular weight is 470 g/mol. The van der Waals surface area contributed by atoms with Crippen molar-refractivity contribution >= 4 is 11.6 Å². The summed E-state index contributed by atoms with van der Waals surface area (Å²) < 4.78 is 16.7. The SMILES string of the molecule is CCOc1ccc([C@@H](NCC(=O)N2CCN(c3ccc(OC)cc3)CC2)C(C)C)cc1OCC. The molecule has 1 atom stereocenters. The zero-order chi connectivity index (χ0) is 24.5. The second-order valence-corrected chi connectivity index (χ2v) is 8.74. The average Bonchev–Trinajstić information content (AvgIpc) is 2.85. The van der Waals surface area contributed by atoms with Gasteiger partial charge in [-0.25, -0.2) is 0 Å². The number of benzene rings is 2. The first-order chi connectivity index (χ1) is 16.5. The van der Waals surface area contributed by atoms with Crippen LogP contribution < -0.4 is 24.4 Å². The molecule has 1 aliphatic rings. The molecule has 0 aliphatic carbocycles. The van der Waals surface area contributed by atoms with Crippen LogP contribution in [-0.2, 0) is 4.79 Å². The van der Waals surface area contributed by atoms with Crippen LogP contribution in [0.15, 0.2) is 42.5 Å². The molecule has 1 aliphatic heterocycles. The highest BCUT2D eigenvalue weighted by atomic mass is 16.5. The summed E-state index contributed by atoms with van der Waals surface area (Å²) in [6, 6.07) is 14.2. The highest BCUT2D eigenvalue weighted by molar-refractivity contribution is 5.78. The molecule has 0 radical (unpaired) electrons. The third-order valence-corrected chi connectivity index (χ3v) is 6.14. The molecule has 0 aromatic heterocycles. The van der Waals surface area contributed by atoms with Gasteiger partial charge in [0.15, 0.2) is 11.5 Å². The summed E-state index contributed by atoms with van der Waals surface area (Å²) in [5.41, 5.74) is 2.26. The lowest BCUT2D eigenvalue weighted by Crippen LogP contribution is -2.51. The van der Waals surface area contributed by atoms with Crippen LogP contribution in [0.25, 0.3) is 0 Å². The van der Waals surface area contributed by atoms with Gasteiger partial charge in [-0.3, -0.25) is 4.79 Å². The number of piperazine rings is 1. The number of carbonyl (C=O) groups is 1. The highest BCUT2D eigenvalue weighted by Crippen LogP contribution is 2.33. The number of rotatable bonds is 11. The second kappa shape index (κ2) is 12.5. The molecular formula is C27H39N3O4. The number of amides is 1. The molecule has 3 rings (SSSR count). The fourth-order valence-corrected chi connectivity index (χ4v) is 4.32. The number of hydrogen-bond donors (Lipinski definition) is 1. The van der Waals surface area contributed by atoms with Crippen molar-refractivity contribution in [2.24, 2.45) is 5.92 Å². The summed E-state index contributed by atoms with van der Waals surface area (Å²) >= 11 is 0. The van der Waals surface area contributed by atoms with E-state index >= 15 is 0 Å². The molecule has 0 bridgehead atoms. The lowest BCUT2D eigenvalue weighted by atomic mass is 9.95. The Hall–Kier alpha value is -2.93. The van der Waals surface area contributed by atoms with Crippen molar-refractivity contribution in [1.82, 2.24) is 10.2 Å². The lowest BCUT2D eigenvalue weighted by molar-refractivity contribution is -0.130. The van der Waals surface area contributed by atoms with Crippen molar-refractivity contribution in [3.05, 3.63) is 48.0 Å². The Kier molecular flexibility index (Phi) is 9.45. The fraction of sp³-hybridized carbons (Fsp3) is 0.519. The number of hydrogen-bond acceptors (Lipinski definition) is 6. The topological polar surface area (TPSA) is 63.3 Å². The molecule has 1 fully saturated rings. The molecule has 34 heavy (non-hydrogen) atoms. The van der Waals surface area contributed by atoms with Crippen LogP contribution in [0.2, 0.25) is 0 Å². The monoisotopic (exact) mass is 469 g/mol. The van der Waals surface area contributed by atoms with E-state index in [1.807, 2.05) is 43.0 Å². The van der Waals surface area contributed by atoms with Gasteiger partial charge in [0.25, 0.3) is 0 Å². The molecule has 1 N–H and O–H groups in total. The maximum absolute atomic E-state index is 13.0. The van der Waals surface area contributed by atoms with Crippen LogP contribution in [0.5, 0.6) is 17.2 Å². The zero-order valence-electron chi connectivity index (χ0n) is 21.2. The molecule has 2 aromatic rings. The van der Waals surface area contributed by atoms with E-state index in [-0.39, 0.29) is 11.9 Å². The van der Waals surface area contributed by atoms with Crippen LogP contribution in [-0.4, -0.2) is 63.9 Å². The van der Waals surface area contributed by atoms with Gasteiger partial charge in [0.2, 0.25) is 5.91 Å². The van der Waals surface area contributed by atoms with Crippen LogP contribution in [0.1, 0.15) is 39.3 Å². The minimum Gasteiger partial charge on any atom is -0.497 e. The van der Waals surface area contributed by atoms with Gasteiger partial charge < -0.3 is 29.3 Å². The van der Waals surface area contributed by atoms with Gasteiger partial charge in [-0.05, 0) is 61.7 Å².